The van der Waals surface area contributed by atoms with Gasteiger partial charge in [0.25, 0.3) is 5.91 Å². The van der Waals surface area contributed by atoms with Crippen molar-refractivity contribution in [1.29, 1.82) is 0 Å². The first-order valence-corrected chi connectivity index (χ1v) is 12.8. The number of carboxylic acids is 1. The summed E-state index contributed by atoms with van der Waals surface area (Å²) in [4.78, 5) is 44.2. The van der Waals surface area contributed by atoms with Gasteiger partial charge in [-0.15, -0.1) is 0 Å². The molecule has 0 bridgehead atoms. The lowest BCUT2D eigenvalue weighted by Gasteiger charge is -2.18. The van der Waals surface area contributed by atoms with E-state index < -0.39 is 30.5 Å². The summed E-state index contributed by atoms with van der Waals surface area (Å²) in [5.74, 6) is -0.815. The van der Waals surface area contributed by atoms with E-state index in [2.05, 4.69) is 4.98 Å². The van der Waals surface area contributed by atoms with Crippen molar-refractivity contribution in [2.45, 2.75) is 71.5 Å². The molecule has 2 aromatic rings. The van der Waals surface area contributed by atoms with Crippen LogP contribution < -0.4 is 0 Å². The summed E-state index contributed by atoms with van der Waals surface area (Å²) in [6, 6.07) is 5.80. The predicted molar refractivity (Wildman–Crippen MR) is 135 cm³/mol. The maximum atomic E-state index is 13.2. The first-order chi connectivity index (χ1) is 18.1. The SMILES string of the molecule is CCCCc1ncc(/C=C2\C(=O)N(CCCC)C(=O)N2CCCC(F)(F)F)n1Cc1ccc(C(=O)O)cc1. The fraction of sp³-hybridized carbons (Fsp3) is 0.481. The lowest BCUT2D eigenvalue weighted by molar-refractivity contribution is -0.135. The van der Waals surface area contributed by atoms with Crippen LogP contribution in [-0.4, -0.2) is 61.6 Å². The highest BCUT2D eigenvalue weighted by molar-refractivity contribution is 6.13. The summed E-state index contributed by atoms with van der Waals surface area (Å²) in [5, 5.41) is 9.18. The molecule has 1 aliphatic heterocycles. The number of urea groups is 1. The van der Waals surface area contributed by atoms with Crippen molar-refractivity contribution in [1.82, 2.24) is 19.4 Å². The highest BCUT2D eigenvalue weighted by Gasteiger charge is 2.41. The quantitative estimate of drug-likeness (QED) is 0.262. The van der Waals surface area contributed by atoms with Gasteiger partial charge >= 0.3 is 18.2 Å². The van der Waals surface area contributed by atoms with Gasteiger partial charge in [0.2, 0.25) is 0 Å². The van der Waals surface area contributed by atoms with E-state index in [0.29, 0.717) is 25.1 Å². The number of amides is 3. The second-order valence-corrected chi connectivity index (χ2v) is 9.28. The van der Waals surface area contributed by atoms with E-state index in [9.17, 15) is 32.7 Å². The van der Waals surface area contributed by atoms with Crippen molar-refractivity contribution < 1.29 is 32.7 Å². The molecule has 0 aliphatic carbocycles. The molecule has 1 aromatic heterocycles. The molecule has 206 valence electrons. The number of carbonyl (C=O) groups is 3. The number of imide groups is 1. The number of aromatic nitrogens is 2. The first-order valence-electron chi connectivity index (χ1n) is 12.8. The lowest BCUT2D eigenvalue weighted by atomic mass is 10.1. The van der Waals surface area contributed by atoms with E-state index in [1.165, 1.54) is 18.2 Å². The number of hydrogen-bond acceptors (Lipinski definition) is 4. The standard InChI is InChI=1S/C27H33F3N4O4/c1-3-5-8-23-31-17-21(34(23)18-19-9-11-20(12-10-19)25(36)37)16-22-24(35)33(14-6-4-2)26(38)32(22)15-7-13-27(28,29)30/h9-12,16-17H,3-8,13-15,18H2,1-2H3,(H,36,37)/b22-16+. The number of rotatable bonds is 13. The van der Waals surface area contributed by atoms with E-state index in [1.54, 1.807) is 18.3 Å². The molecule has 0 radical (unpaired) electrons. The Morgan fingerprint density at radius 1 is 1.00 bits per heavy atom. The van der Waals surface area contributed by atoms with Crippen LogP contribution >= 0.6 is 0 Å². The molecule has 8 nitrogen and oxygen atoms in total. The molecule has 38 heavy (non-hydrogen) atoms. The van der Waals surface area contributed by atoms with E-state index in [0.717, 1.165) is 40.5 Å². The molecule has 3 rings (SSSR count). The zero-order valence-corrected chi connectivity index (χ0v) is 21.6. The minimum Gasteiger partial charge on any atom is -0.478 e. The van der Waals surface area contributed by atoms with Crippen molar-refractivity contribution in [2.24, 2.45) is 0 Å². The molecule has 11 heteroatoms. The van der Waals surface area contributed by atoms with Crippen molar-refractivity contribution in [3.63, 3.8) is 0 Å². The van der Waals surface area contributed by atoms with Crippen molar-refractivity contribution >= 4 is 24.0 Å². The number of carbonyl (C=O) groups excluding carboxylic acids is 2. The smallest absolute Gasteiger partial charge is 0.389 e. The fourth-order valence-corrected chi connectivity index (χ4v) is 4.23. The van der Waals surface area contributed by atoms with Crippen LogP contribution in [0.2, 0.25) is 0 Å². The molecule has 1 fully saturated rings. The Morgan fingerprint density at radius 2 is 1.66 bits per heavy atom. The molecule has 0 atom stereocenters. The molecule has 1 N–H and O–H groups in total. The Hall–Kier alpha value is -3.63. The number of imidazole rings is 1. The average Bonchev–Trinajstić information content (AvgIpc) is 3.34. The number of aromatic carboxylic acids is 1. The Labute approximate surface area is 219 Å². The van der Waals surface area contributed by atoms with Gasteiger partial charge in [-0.2, -0.15) is 13.2 Å². The van der Waals surface area contributed by atoms with Gasteiger partial charge in [0, 0.05) is 32.5 Å². The van der Waals surface area contributed by atoms with Crippen LogP contribution in [0.25, 0.3) is 6.08 Å². The van der Waals surface area contributed by atoms with Gasteiger partial charge in [0.15, 0.2) is 0 Å². The largest absolute Gasteiger partial charge is 0.478 e. The van der Waals surface area contributed by atoms with Crippen LogP contribution in [0.1, 0.15) is 79.8 Å². The van der Waals surface area contributed by atoms with Crippen LogP contribution in [0, 0.1) is 0 Å². The Kier molecular flexibility index (Phi) is 9.71. The van der Waals surface area contributed by atoms with Crippen LogP contribution in [0.5, 0.6) is 0 Å². The molecule has 0 saturated carbocycles. The number of carboxylic acid groups (broad SMARTS) is 1. The molecular formula is C27H33F3N4O4. The van der Waals surface area contributed by atoms with E-state index in [4.69, 9.17) is 0 Å². The third-order valence-corrected chi connectivity index (χ3v) is 6.34. The molecular weight excluding hydrogens is 501 g/mol. The van der Waals surface area contributed by atoms with Crippen molar-refractivity contribution in [2.75, 3.05) is 13.1 Å². The van der Waals surface area contributed by atoms with Gasteiger partial charge in [-0.3, -0.25) is 14.6 Å². The van der Waals surface area contributed by atoms with Gasteiger partial charge in [-0.05, 0) is 43.0 Å². The maximum absolute atomic E-state index is 13.2. The number of alkyl halides is 3. The van der Waals surface area contributed by atoms with Crippen molar-refractivity contribution in [3.8, 4) is 0 Å². The van der Waals surface area contributed by atoms with Crippen molar-refractivity contribution in [3.05, 3.63) is 58.8 Å². The summed E-state index contributed by atoms with van der Waals surface area (Å²) in [5.41, 5.74) is 1.53. The summed E-state index contributed by atoms with van der Waals surface area (Å²) < 4.78 is 40.2. The van der Waals surface area contributed by atoms with E-state index >= 15 is 0 Å². The van der Waals surface area contributed by atoms with Crippen LogP contribution in [0.3, 0.4) is 0 Å². The van der Waals surface area contributed by atoms with Gasteiger partial charge in [0.1, 0.15) is 11.5 Å². The third-order valence-electron chi connectivity index (χ3n) is 6.34. The molecule has 1 aliphatic rings. The number of hydrogen-bond donors (Lipinski definition) is 1. The Balaban J connectivity index is 1.98. The van der Waals surface area contributed by atoms with Gasteiger partial charge in [0.05, 0.1) is 17.5 Å². The highest BCUT2D eigenvalue weighted by atomic mass is 19.4. The highest BCUT2D eigenvalue weighted by Crippen LogP contribution is 2.28. The van der Waals surface area contributed by atoms with Crippen LogP contribution in [-0.2, 0) is 17.8 Å². The Morgan fingerprint density at radius 3 is 2.26 bits per heavy atom. The molecule has 0 spiro atoms. The van der Waals surface area contributed by atoms with Gasteiger partial charge in [-0.25, -0.2) is 14.6 Å². The zero-order valence-electron chi connectivity index (χ0n) is 21.6. The molecule has 1 aromatic carbocycles. The normalized spacial score (nSPS) is 15.2. The molecule has 1 saturated heterocycles. The number of benzene rings is 1. The minimum atomic E-state index is -4.36. The first kappa shape index (κ1) is 28.9. The minimum absolute atomic E-state index is 0.0256. The van der Waals surface area contributed by atoms with Gasteiger partial charge < -0.3 is 9.67 Å². The van der Waals surface area contributed by atoms with Crippen LogP contribution in [0.15, 0.2) is 36.2 Å². The topological polar surface area (TPSA) is 95.7 Å². The average molecular weight is 535 g/mol. The number of nitrogens with zero attached hydrogens (tertiary/aromatic N) is 4. The second kappa shape index (κ2) is 12.7. The number of halogens is 3. The monoisotopic (exact) mass is 534 g/mol. The lowest BCUT2D eigenvalue weighted by Crippen LogP contribution is -2.34. The fourth-order valence-electron chi connectivity index (χ4n) is 4.23. The van der Waals surface area contributed by atoms with E-state index in [-0.39, 0.29) is 30.8 Å². The van der Waals surface area contributed by atoms with E-state index in [1.807, 2.05) is 18.4 Å². The number of unbranched alkanes of at least 4 members (excludes halogenated alkanes) is 2. The summed E-state index contributed by atoms with van der Waals surface area (Å²) in [7, 11) is 0. The molecule has 0 unspecified atom stereocenters. The summed E-state index contributed by atoms with van der Waals surface area (Å²) >= 11 is 0. The number of aryl methyl sites for hydroxylation is 1. The summed E-state index contributed by atoms with van der Waals surface area (Å²) in [6.45, 7) is 4.27. The molecule has 2 heterocycles. The third kappa shape index (κ3) is 7.23. The van der Waals surface area contributed by atoms with Gasteiger partial charge in [-0.1, -0.05) is 38.8 Å². The Bertz CT molecular complexity index is 1170. The summed E-state index contributed by atoms with van der Waals surface area (Å²) in [6.07, 6.45) is 1.18. The zero-order chi connectivity index (χ0) is 27.9. The predicted octanol–water partition coefficient (Wildman–Crippen LogP) is 5.72. The second-order valence-electron chi connectivity index (χ2n) is 9.28. The molecule has 3 amide bonds. The maximum Gasteiger partial charge on any atom is 0.389 e. The van der Waals surface area contributed by atoms with Crippen LogP contribution in [0.4, 0.5) is 18.0 Å².